The first-order chi connectivity index (χ1) is 29.7. The standard InChI is InChI=1S/C24H40NO7P.C22H34NO7P/c1-11-12-24(7,28-10)20(15(3)18-16(4)21(26)32-23(5,6)31-18)30-22-19(33-27)17(25(8)9)13-14(2)29-22;1-12(9-10-24)17(14(3)18-15(4)20(25)30-22(5,6)29-18)28-21-19(31-26)16(23(7)8)11-13(2)27-21/h11,14-15,17,19-20,22H,1,12-13H2,2-10H3;9-10,13-14,16-17,19,21H,11H2,1-8H3/b;12-9+/t14-,15+,17?,19-,20-,22+,24-;13-,14-,16?,17+,19-,21+/m11/s1. The van der Waals surface area contributed by atoms with Gasteiger partial charge in [-0.25, -0.2) is 9.59 Å². The van der Waals surface area contributed by atoms with Crippen LogP contribution in [0.3, 0.4) is 0 Å². The van der Waals surface area contributed by atoms with E-state index >= 15 is 0 Å². The Kier molecular flexibility index (Phi) is 20.1. The second-order valence-corrected chi connectivity index (χ2v) is 20.5. The molecule has 4 aliphatic rings. The maximum atomic E-state index is 12.5. The Bertz CT molecular complexity index is 1780. The molecule has 0 amide bonds. The van der Waals surface area contributed by atoms with Crippen molar-refractivity contribution < 1.29 is 66.1 Å². The topological polar surface area (TPSA) is 175 Å². The van der Waals surface area contributed by atoms with Gasteiger partial charge in [-0.1, -0.05) is 19.9 Å². The minimum atomic E-state index is -1.12. The highest BCUT2D eigenvalue weighted by molar-refractivity contribution is 7.25. The fourth-order valence-corrected chi connectivity index (χ4v) is 10.3. The van der Waals surface area contributed by atoms with Gasteiger partial charge in [-0.2, -0.15) is 0 Å². The number of hydrogen-bond acceptors (Lipinski definition) is 16. The Balaban J connectivity index is 0.000000341. The zero-order valence-electron chi connectivity index (χ0n) is 41.0. The lowest BCUT2D eigenvalue weighted by molar-refractivity contribution is -0.263. The summed E-state index contributed by atoms with van der Waals surface area (Å²) in [5.74, 6) is -3.01. The minimum Gasteiger partial charge on any atom is -0.456 e. The molecule has 16 nitrogen and oxygen atoms in total. The van der Waals surface area contributed by atoms with Gasteiger partial charge in [0.1, 0.15) is 29.1 Å². The van der Waals surface area contributed by atoms with Gasteiger partial charge in [0.25, 0.3) is 0 Å². The molecule has 0 aromatic rings. The SMILES string of the molecule is C=CC[C@@](C)(OC)[C@H](O[C@@H]1O[C@H](C)CC(N(C)C)[C@H]1P=O)[C@@H](C)C1=C(C)C(=O)OC(C)(C)O1.CC1=C([C@H](C)[C@@H](O[C@@H]2O[C@H](C)CC(N(C)C)[C@H]2P=O)/C(C)=C/C=O)OC(C)(C)OC1=O. The molecule has 0 radical (unpaired) electrons. The number of allylic oxidation sites excluding steroid dienone is 1. The lowest BCUT2D eigenvalue weighted by atomic mass is 9.83. The first kappa shape index (κ1) is 55.4. The summed E-state index contributed by atoms with van der Waals surface area (Å²) < 4.78 is 78.2. The highest BCUT2D eigenvalue weighted by Gasteiger charge is 2.49. The molecule has 2 fully saturated rings. The van der Waals surface area contributed by atoms with Gasteiger partial charge >= 0.3 is 11.9 Å². The molecule has 13 atom stereocenters. The average Bonchev–Trinajstić information content (AvgIpc) is 3.20. The number of methoxy groups -OCH3 is 1. The molecule has 0 N–H and O–H groups in total. The predicted molar refractivity (Wildman–Crippen MR) is 242 cm³/mol. The summed E-state index contributed by atoms with van der Waals surface area (Å²) in [5, 5.41) is 0. The van der Waals surface area contributed by atoms with Crippen molar-refractivity contribution in [1.29, 1.82) is 0 Å². The van der Waals surface area contributed by atoms with Crippen LogP contribution in [0.4, 0.5) is 0 Å². The quantitative estimate of drug-likeness (QED) is 0.0428. The maximum absolute atomic E-state index is 12.5. The van der Waals surface area contributed by atoms with E-state index in [1.165, 1.54) is 6.08 Å². The number of hydrogen-bond donors (Lipinski definition) is 0. The number of rotatable bonds is 18. The van der Waals surface area contributed by atoms with Gasteiger partial charge in [0, 0.05) is 58.7 Å². The number of nitrogens with zero attached hydrogens (tertiary/aromatic N) is 2. The lowest BCUT2D eigenvalue weighted by Crippen LogP contribution is -2.56. The van der Waals surface area contributed by atoms with Crippen molar-refractivity contribution in [2.75, 3.05) is 35.3 Å². The smallest absolute Gasteiger partial charge is 0.340 e. The second kappa shape index (κ2) is 23.2. The van der Waals surface area contributed by atoms with Gasteiger partial charge in [0.05, 0.1) is 41.2 Å². The first-order valence-electron chi connectivity index (χ1n) is 21.9. The van der Waals surface area contributed by atoms with Gasteiger partial charge in [-0.3, -0.25) is 13.9 Å². The highest BCUT2D eigenvalue weighted by atomic mass is 31.1. The third-order valence-corrected chi connectivity index (χ3v) is 13.9. The van der Waals surface area contributed by atoms with Crippen molar-refractivity contribution in [2.45, 2.75) is 180 Å². The maximum Gasteiger partial charge on any atom is 0.340 e. The largest absolute Gasteiger partial charge is 0.456 e. The van der Waals surface area contributed by atoms with Crippen molar-refractivity contribution >= 4 is 35.1 Å². The van der Waals surface area contributed by atoms with Gasteiger partial charge < -0.3 is 52.4 Å². The number of carbonyl (C=O) groups excluding carboxylic acids is 3. The fraction of sp³-hybridized carbons (Fsp3) is 0.761. The van der Waals surface area contributed by atoms with E-state index < -0.39 is 71.4 Å². The summed E-state index contributed by atoms with van der Waals surface area (Å²) in [6.07, 6.45) is 2.92. The monoisotopic (exact) mass is 940 g/mol. The van der Waals surface area contributed by atoms with Crippen LogP contribution in [0.25, 0.3) is 0 Å². The molecule has 4 aliphatic heterocycles. The van der Waals surface area contributed by atoms with Crippen molar-refractivity contribution in [2.24, 2.45) is 11.8 Å². The van der Waals surface area contributed by atoms with E-state index in [9.17, 15) is 23.5 Å². The minimum absolute atomic E-state index is 0.0000211. The lowest BCUT2D eigenvalue weighted by Gasteiger charge is -2.47. The van der Waals surface area contributed by atoms with E-state index in [-0.39, 0.29) is 46.9 Å². The van der Waals surface area contributed by atoms with Gasteiger partial charge in [0.2, 0.25) is 11.6 Å². The van der Waals surface area contributed by atoms with Crippen molar-refractivity contribution in [1.82, 2.24) is 9.80 Å². The molecule has 4 heterocycles. The normalized spacial score (nSPS) is 31.4. The number of cyclic esters (lactones) is 2. The first-order valence-corrected chi connectivity index (χ1v) is 23.6. The fourth-order valence-electron chi connectivity index (χ4n) is 8.72. The zero-order chi connectivity index (χ0) is 48.6. The molecule has 2 unspecified atom stereocenters. The van der Waals surface area contributed by atoms with Gasteiger partial charge in [-0.05, 0) is 101 Å². The van der Waals surface area contributed by atoms with Crippen LogP contribution in [0.15, 0.2) is 47.0 Å². The Morgan fingerprint density at radius 3 is 1.61 bits per heavy atom. The van der Waals surface area contributed by atoms with E-state index in [1.807, 2.05) is 67.7 Å². The molecule has 0 spiro atoms. The zero-order valence-corrected chi connectivity index (χ0v) is 42.8. The van der Waals surface area contributed by atoms with Crippen LogP contribution in [0.5, 0.6) is 0 Å². The van der Waals surface area contributed by atoms with Crippen LogP contribution in [-0.4, -0.2) is 141 Å². The molecule has 362 valence electrons. The Hall–Kier alpha value is -2.91. The summed E-state index contributed by atoms with van der Waals surface area (Å²) in [4.78, 5) is 40.1. The molecule has 18 heteroatoms. The summed E-state index contributed by atoms with van der Waals surface area (Å²) in [5.41, 5.74) is -0.233. The van der Waals surface area contributed by atoms with Crippen molar-refractivity contribution in [3.8, 4) is 0 Å². The van der Waals surface area contributed by atoms with Crippen molar-refractivity contribution in [3.63, 3.8) is 0 Å². The molecule has 64 heavy (non-hydrogen) atoms. The Morgan fingerprint density at radius 2 is 1.23 bits per heavy atom. The molecule has 0 aromatic carbocycles. The van der Waals surface area contributed by atoms with Crippen LogP contribution in [0.2, 0.25) is 0 Å². The molecule has 0 aliphatic carbocycles. The van der Waals surface area contributed by atoms with E-state index in [2.05, 4.69) is 11.5 Å². The molecule has 0 aromatic heterocycles. The molecule has 2 saturated heterocycles. The predicted octanol–water partition coefficient (Wildman–Crippen LogP) is 7.76. The summed E-state index contributed by atoms with van der Waals surface area (Å²) >= 11 is 0. The number of esters is 2. The molecular weight excluding hydrogens is 866 g/mol. The highest BCUT2D eigenvalue weighted by Crippen LogP contribution is 2.42. The van der Waals surface area contributed by atoms with E-state index in [0.717, 1.165) is 12.8 Å². The Labute approximate surface area is 384 Å². The Morgan fingerprint density at radius 1 is 0.812 bits per heavy atom. The number of ether oxygens (including phenoxy) is 9. The van der Waals surface area contributed by atoms with Crippen molar-refractivity contribution in [3.05, 3.63) is 47.0 Å². The van der Waals surface area contributed by atoms with Crippen LogP contribution < -0.4 is 0 Å². The third-order valence-electron chi connectivity index (χ3n) is 12.2. The summed E-state index contributed by atoms with van der Waals surface area (Å²) in [6.45, 7) is 25.3. The molecule has 4 rings (SSSR count). The molecule has 0 saturated carbocycles. The number of aldehydes is 1. The van der Waals surface area contributed by atoms with Gasteiger partial charge in [0.15, 0.2) is 29.5 Å². The van der Waals surface area contributed by atoms with Crippen LogP contribution in [-0.2, 0) is 66.1 Å². The summed E-state index contributed by atoms with van der Waals surface area (Å²) in [7, 11) is 9.28. The van der Waals surface area contributed by atoms with E-state index in [1.54, 1.807) is 61.7 Å². The third kappa shape index (κ3) is 13.6. The van der Waals surface area contributed by atoms with Crippen LogP contribution in [0.1, 0.15) is 102 Å². The number of carbonyl (C=O) groups is 3. The van der Waals surface area contributed by atoms with E-state index in [0.29, 0.717) is 40.9 Å². The average molecular weight is 941 g/mol. The van der Waals surface area contributed by atoms with E-state index in [4.69, 9.17) is 42.6 Å². The second-order valence-electron chi connectivity index (χ2n) is 18.9. The van der Waals surface area contributed by atoms with Gasteiger partial charge in [-0.15, -0.1) is 6.58 Å². The molecular formula is C46H74N2O14P2. The van der Waals surface area contributed by atoms with Crippen LogP contribution in [0, 0.1) is 11.8 Å². The summed E-state index contributed by atoms with van der Waals surface area (Å²) in [6, 6.07) is 0.0166. The van der Waals surface area contributed by atoms with Crippen LogP contribution >= 0.6 is 16.9 Å². The molecule has 0 bridgehead atoms.